The summed E-state index contributed by atoms with van der Waals surface area (Å²) >= 11 is 0. The lowest BCUT2D eigenvalue weighted by Gasteiger charge is -2.12. The van der Waals surface area contributed by atoms with Crippen LogP contribution in [0.1, 0.15) is 20.3 Å². The van der Waals surface area contributed by atoms with Gasteiger partial charge in [-0.25, -0.2) is 8.78 Å². The van der Waals surface area contributed by atoms with Gasteiger partial charge in [0, 0.05) is 6.54 Å². The molecule has 0 aromatic rings. The molecule has 0 heterocycles. The van der Waals surface area contributed by atoms with Gasteiger partial charge in [0.1, 0.15) is 6.61 Å². The van der Waals surface area contributed by atoms with Gasteiger partial charge < -0.3 is 10.1 Å². The Bertz CT molecular complexity index is 101. The minimum absolute atomic E-state index is 0.134. The molecule has 0 aliphatic rings. The summed E-state index contributed by atoms with van der Waals surface area (Å²) < 4.78 is 28.1. The zero-order valence-corrected chi connectivity index (χ0v) is 7.65. The molecule has 0 bridgehead atoms. The Kier molecular flexibility index (Phi) is 7.29. The van der Waals surface area contributed by atoms with Gasteiger partial charge in [0.25, 0.3) is 6.43 Å². The zero-order valence-electron chi connectivity index (χ0n) is 7.65. The molecule has 1 N–H and O–H groups in total. The number of rotatable bonds is 7. The summed E-state index contributed by atoms with van der Waals surface area (Å²) in [6, 6.07) is 0. The molecule has 74 valence electrons. The van der Waals surface area contributed by atoms with Crippen molar-refractivity contribution in [1.82, 2.24) is 5.32 Å². The van der Waals surface area contributed by atoms with E-state index in [1.165, 1.54) is 0 Å². The Morgan fingerprint density at radius 3 is 2.58 bits per heavy atom. The zero-order chi connectivity index (χ0) is 9.40. The maximum atomic E-state index is 11.6. The van der Waals surface area contributed by atoms with E-state index in [2.05, 4.69) is 12.2 Å². The molecule has 0 amide bonds. The Morgan fingerprint density at radius 2 is 2.08 bits per heavy atom. The fourth-order valence-corrected chi connectivity index (χ4v) is 0.778. The van der Waals surface area contributed by atoms with Gasteiger partial charge >= 0.3 is 0 Å². The van der Waals surface area contributed by atoms with Crippen LogP contribution in [-0.2, 0) is 4.74 Å². The fraction of sp³-hybridized carbons (Fsp3) is 1.00. The van der Waals surface area contributed by atoms with E-state index in [4.69, 9.17) is 4.74 Å². The fourth-order valence-electron chi connectivity index (χ4n) is 0.778. The van der Waals surface area contributed by atoms with Crippen molar-refractivity contribution < 1.29 is 13.5 Å². The van der Waals surface area contributed by atoms with Gasteiger partial charge in [-0.2, -0.15) is 0 Å². The van der Waals surface area contributed by atoms with Crippen molar-refractivity contribution in [3.8, 4) is 0 Å². The first kappa shape index (κ1) is 11.8. The van der Waals surface area contributed by atoms with Gasteiger partial charge in [-0.15, -0.1) is 0 Å². The molecule has 0 saturated carbocycles. The third kappa shape index (κ3) is 7.88. The average molecular weight is 181 g/mol. The van der Waals surface area contributed by atoms with E-state index in [1.807, 2.05) is 0 Å². The number of ether oxygens (including phenoxy) is 1. The van der Waals surface area contributed by atoms with Crippen molar-refractivity contribution >= 4 is 0 Å². The lowest BCUT2D eigenvalue weighted by Crippen LogP contribution is -2.28. The Labute approximate surface area is 72.3 Å². The van der Waals surface area contributed by atoms with E-state index in [0.717, 1.165) is 13.0 Å². The van der Waals surface area contributed by atoms with Gasteiger partial charge in [-0.1, -0.05) is 6.92 Å². The average Bonchev–Trinajstić information content (AvgIpc) is 2.01. The molecule has 0 fully saturated rings. The van der Waals surface area contributed by atoms with Crippen molar-refractivity contribution in [2.75, 3.05) is 19.7 Å². The van der Waals surface area contributed by atoms with Crippen LogP contribution >= 0.6 is 0 Å². The van der Waals surface area contributed by atoms with Crippen LogP contribution in [0.5, 0.6) is 0 Å². The Morgan fingerprint density at radius 1 is 1.42 bits per heavy atom. The van der Waals surface area contributed by atoms with Gasteiger partial charge in [0.15, 0.2) is 0 Å². The van der Waals surface area contributed by atoms with Crippen LogP contribution in [-0.4, -0.2) is 32.2 Å². The highest BCUT2D eigenvalue weighted by Gasteiger charge is 2.06. The molecule has 2 nitrogen and oxygen atoms in total. The number of hydrogen-bond acceptors (Lipinski definition) is 2. The molecule has 0 rings (SSSR count). The largest absolute Gasteiger partial charge is 0.371 e. The predicted molar refractivity (Wildman–Crippen MR) is 44.6 cm³/mol. The minimum atomic E-state index is -2.36. The summed E-state index contributed by atoms with van der Waals surface area (Å²) in [5.41, 5.74) is 0. The van der Waals surface area contributed by atoms with E-state index in [0.29, 0.717) is 6.54 Å². The third-order valence-corrected chi connectivity index (χ3v) is 1.37. The van der Waals surface area contributed by atoms with E-state index < -0.39 is 13.0 Å². The van der Waals surface area contributed by atoms with Crippen LogP contribution in [0, 0.1) is 0 Å². The third-order valence-electron chi connectivity index (χ3n) is 1.37. The van der Waals surface area contributed by atoms with Gasteiger partial charge in [0.2, 0.25) is 0 Å². The SMILES string of the molecule is CCCNCC(C)OCC(F)F. The van der Waals surface area contributed by atoms with Crippen molar-refractivity contribution in [2.45, 2.75) is 32.8 Å². The standard InChI is InChI=1S/C8H17F2NO/c1-3-4-11-5-7(2)12-6-8(9)10/h7-8,11H,3-6H2,1-2H3. The lowest BCUT2D eigenvalue weighted by molar-refractivity contribution is -0.0163. The monoisotopic (exact) mass is 181 g/mol. The predicted octanol–water partition coefficient (Wildman–Crippen LogP) is 1.66. The van der Waals surface area contributed by atoms with Gasteiger partial charge in [0.05, 0.1) is 6.10 Å². The smallest absolute Gasteiger partial charge is 0.261 e. The van der Waals surface area contributed by atoms with E-state index >= 15 is 0 Å². The Hall–Kier alpha value is -0.220. The van der Waals surface area contributed by atoms with Crippen LogP contribution in [0.3, 0.4) is 0 Å². The van der Waals surface area contributed by atoms with E-state index in [1.54, 1.807) is 6.92 Å². The molecule has 0 radical (unpaired) electrons. The summed E-state index contributed by atoms with van der Waals surface area (Å²) in [4.78, 5) is 0. The molecule has 1 unspecified atom stereocenters. The first-order valence-electron chi connectivity index (χ1n) is 4.27. The van der Waals surface area contributed by atoms with Gasteiger partial charge in [-0.05, 0) is 19.9 Å². The molecule has 0 aromatic heterocycles. The molecule has 0 aromatic carbocycles. The number of alkyl halides is 2. The molecular formula is C8H17F2NO. The number of hydrogen-bond donors (Lipinski definition) is 1. The molecule has 0 aliphatic heterocycles. The highest BCUT2D eigenvalue weighted by molar-refractivity contribution is 4.54. The topological polar surface area (TPSA) is 21.3 Å². The van der Waals surface area contributed by atoms with Crippen LogP contribution in [0.4, 0.5) is 8.78 Å². The quantitative estimate of drug-likeness (QED) is 0.603. The highest BCUT2D eigenvalue weighted by atomic mass is 19.3. The normalized spacial score (nSPS) is 13.8. The van der Waals surface area contributed by atoms with Crippen molar-refractivity contribution in [2.24, 2.45) is 0 Å². The Balaban J connectivity index is 3.15. The second-order valence-corrected chi connectivity index (χ2v) is 2.74. The van der Waals surface area contributed by atoms with E-state index in [9.17, 15) is 8.78 Å². The molecule has 1 atom stereocenters. The molecule has 0 aliphatic carbocycles. The summed E-state index contributed by atoms with van der Waals surface area (Å²) in [5.74, 6) is 0. The summed E-state index contributed by atoms with van der Waals surface area (Å²) in [6.07, 6.45) is -1.45. The van der Waals surface area contributed by atoms with Crippen LogP contribution in [0.2, 0.25) is 0 Å². The first-order valence-corrected chi connectivity index (χ1v) is 4.27. The molecule has 0 spiro atoms. The van der Waals surface area contributed by atoms with Crippen molar-refractivity contribution in [3.63, 3.8) is 0 Å². The van der Waals surface area contributed by atoms with Crippen LogP contribution in [0.25, 0.3) is 0 Å². The summed E-state index contributed by atoms with van der Waals surface area (Å²) in [5, 5.41) is 3.09. The maximum Gasteiger partial charge on any atom is 0.261 e. The highest BCUT2D eigenvalue weighted by Crippen LogP contribution is 1.96. The maximum absolute atomic E-state index is 11.6. The second-order valence-electron chi connectivity index (χ2n) is 2.74. The molecule has 0 saturated heterocycles. The van der Waals surface area contributed by atoms with Crippen molar-refractivity contribution in [1.29, 1.82) is 0 Å². The van der Waals surface area contributed by atoms with Crippen LogP contribution < -0.4 is 5.32 Å². The first-order chi connectivity index (χ1) is 5.66. The summed E-state index contributed by atoms with van der Waals surface area (Å²) in [7, 11) is 0. The molecule has 4 heteroatoms. The van der Waals surface area contributed by atoms with Crippen molar-refractivity contribution in [3.05, 3.63) is 0 Å². The van der Waals surface area contributed by atoms with Crippen LogP contribution in [0.15, 0.2) is 0 Å². The minimum Gasteiger partial charge on any atom is -0.371 e. The molecule has 12 heavy (non-hydrogen) atoms. The van der Waals surface area contributed by atoms with Gasteiger partial charge in [-0.3, -0.25) is 0 Å². The summed E-state index contributed by atoms with van der Waals surface area (Å²) in [6.45, 7) is 4.92. The number of nitrogens with one attached hydrogen (secondary N) is 1. The second kappa shape index (κ2) is 7.43. The lowest BCUT2D eigenvalue weighted by atomic mass is 10.4. The van der Waals surface area contributed by atoms with E-state index in [-0.39, 0.29) is 6.10 Å². The number of halogens is 2. The molecular weight excluding hydrogens is 164 g/mol.